The van der Waals surface area contributed by atoms with Crippen LogP contribution in [-0.2, 0) is 24.3 Å². The second-order valence-corrected chi connectivity index (χ2v) is 13.6. The summed E-state index contributed by atoms with van der Waals surface area (Å²) < 4.78 is 12.5. The molecule has 0 saturated heterocycles. The zero-order valence-corrected chi connectivity index (χ0v) is 28.8. The van der Waals surface area contributed by atoms with Gasteiger partial charge in [-0.2, -0.15) is 23.5 Å². The van der Waals surface area contributed by atoms with E-state index in [0.717, 1.165) is 66.3 Å². The fourth-order valence-electron chi connectivity index (χ4n) is 3.64. The standard InChI is InChI=1S/2C16H16BrClOS/c2*1-19-15-6-2-12(3-7-15)11-20-9-8-13-4-5-14(18)10-16(13)17/h2*2-7,10H,8-9,11H2,1H3. The van der Waals surface area contributed by atoms with Gasteiger partial charge in [0.2, 0.25) is 0 Å². The number of aryl methyl sites for hydroxylation is 2. The lowest BCUT2D eigenvalue weighted by Crippen LogP contribution is -1.91. The molecule has 0 N–H and O–H groups in total. The molecule has 0 aliphatic heterocycles. The van der Waals surface area contributed by atoms with Crippen LogP contribution < -0.4 is 9.47 Å². The minimum absolute atomic E-state index is 0.770. The first-order valence-electron chi connectivity index (χ1n) is 12.7. The van der Waals surface area contributed by atoms with Crippen molar-refractivity contribution in [3.63, 3.8) is 0 Å². The van der Waals surface area contributed by atoms with Crippen molar-refractivity contribution in [1.29, 1.82) is 0 Å². The summed E-state index contributed by atoms with van der Waals surface area (Å²) >= 11 is 22.8. The molecule has 0 spiro atoms. The number of rotatable bonds is 12. The summed E-state index contributed by atoms with van der Waals surface area (Å²) in [6.45, 7) is 0. The fourth-order valence-corrected chi connectivity index (χ4v) is 7.27. The second-order valence-electron chi connectivity index (χ2n) is 8.77. The average Bonchev–Trinajstić information content (AvgIpc) is 2.96. The van der Waals surface area contributed by atoms with Crippen molar-refractivity contribution in [2.45, 2.75) is 24.3 Å². The van der Waals surface area contributed by atoms with Crippen LogP contribution in [0.15, 0.2) is 93.9 Å². The van der Waals surface area contributed by atoms with Gasteiger partial charge in [-0.25, -0.2) is 0 Å². The molecule has 0 aliphatic rings. The number of thioether (sulfide) groups is 2. The van der Waals surface area contributed by atoms with Gasteiger partial charge in [0.15, 0.2) is 0 Å². The quantitative estimate of drug-likeness (QED) is 0.135. The van der Waals surface area contributed by atoms with Gasteiger partial charge >= 0.3 is 0 Å². The molecule has 4 rings (SSSR count). The van der Waals surface area contributed by atoms with Crippen LogP contribution >= 0.6 is 78.6 Å². The molecule has 212 valence electrons. The van der Waals surface area contributed by atoms with Crippen molar-refractivity contribution in [2.24, 2.45) is 0 Å². The van der Waals surface area contributed by atoms with E-state index in [1.54, 1.807) is 14.2 Å². The molecule has 8 heteroatoms. The van der Waals surface area contributed by atoms with E-state index >= 15 is 0 Å². The van der Waals surface area contributed by atoms with Crippen LogP contribution in [0.4, 0.5) is 0 Å². The van der Waals surface area contributed by atoms with E-state index in [9.17, 15) is 0 Å². The molecule has 0 aromatic heterocycles. The Labute approximate surface area is 273 Å². The number of ether oxygens (including phenoxy) is 2. The third-order valence-electron chi connectivity index (χ3n) is 5.92. The van der Waals surface area contributed by atoms with Gasteiger partial charge in [-0.15, -0.1) is 0 Å². The van der Waals surface area contributed by atoms with E-state index in [0.29, 0.717) is 0 Å². The van der Waals surface area contributed by atoms with Crippen molar-refractivity contribution >= 4 is 78.6 Å². The van der Waals surface area contributed by atoms with Crippen molar-refractivity contribution in [1.82, 2.24) is 0 Å². The lowest BCUT2D eigenvalue weighted by atomic mass is 10.2. The second kappa shape index (κ2) is 18.3. The van der Waals surface area contributed by atoms with Gasteiger partial charge in [0.25, 0.3) is 0 Å². The Balaban J connectivity index is 0.000000220. The summed E-state index contributed by atoms with van der Waals surface area (Å²) in [5.74, 6) is 6.04. The normalized spacial score (nSPS) is 10.6. The zero-order valence-electron chi connectivity index (χ0n) is 22.5. The van der Waals surface area contributed by atoms with Gasteiger partial charge < -0.3 is 9.47 Å². The summed E-state index contributed by atoms with van der Waals surface area (Å²) in [6, 6.07) is 28.4. The van der Waals surface area contributed by atoms with Crippen LogP contribution in [0.2, 0.25) is 10.0 Å². The largest absolute Gasteiger partial charge is 0.497 e. The maximum Gasteiger partial charge on any atom is 0.118 e. The van der Waals surface area contributed by atoms with Crippen molar-refractivity contribution in [3.05, 3.63) is 126 Å². The van der Waals surface area contributed by atoms with E-state index < -0.39 is 0 Å². The van der Waals surface area contributed by atoms with E-state index in [2.05, 4.69) is 68.3 Å². The maximum atomic E-state index is 5.94. The lowest BCUT2D eigenvalue weighted by molar-refractivity contribution is 0.414. The molecule has 40 heavy (non-hydrogen) atoms. The molecule has 0 heterocycles. The average molecular weight is 743 g/mol. The molecular formula is C32H32Br2Cl2O2S2. The van der Waals surface area contributed by atoms with Gasteiger partial charge in [-0.1, -0.05) is 91.5 Å². The molecule has 0 aliphatic carbocycles. The predicted molar refractivity (Wildman–Crippen MR) is 184 cm³/mol. The summed E-state index contributed by atoms with van der Waals surface area (Å²) in [7, 11) is 3.38. The van der Waals surface area contributed by atoms with E-state index in [1.165, 1.54) is 22.3 Å². The van der Waals surface area contributed by atoms with Crippen LogP contribution in [-0.4, -0.2) is 25.7 Å². The monoisotopic (exact) mass is 740 g/mol. The van der Waals surface area contributed by atoms with E-state index in [-0.39, 0.29) is 0 Å². The molecule has 4 aromatic carbocycles. The summed E-state index contributed by atoms with van der Waals surface area (Å²) in [4.78, 5) is 0. The molecule has 0 bridgehead atoms. The Hall–Kier alpha value is -1.28. The van der Waals surface area contributed by atoms with Crippen LogP contribution in [0.1, 0.15) is 22.3 Å². The predicted octanol–water partition coefficient (Wildman–Crippen LogP) is 11.2. The number of hydrogen-bond acceptors (Lipinski definition) is 4. The third-order valence-corrected chi connectivity index (χ3v) is 9.92. The zero-order chi connectivity index (χ0) is 28.7. The van der Waals surface area contributed by atoms with Crippen molar-refractivity contribution in [3.8, 4) is 11.5 Å². The first-order valence-corrected chi connectivity index (χ1v) is 17.3. The fraction of sp³-hybridized carbons (Fsp3) is 0.250. The molecule has 0 radical (unpaired) electrons. The Morgan fingerprint density at radius 2 is 0.950 bits per heavy atom. The summed E-state index contributed by atoms with van der Waals surface area (Å²) in [5.41, 5.74) is 5.25. The van der Waals surface area contributed by atoms with Crippen LogP contribution in [0.25, 0.3) is 0 Å². The highest BCUT2D eigenvalue weighted by Gasteiger charge is 2.03. The Bertz CT molecular complexity index is 1220. The number of benzene rings is 4. The highest BCUT2D eigenvalue weighted by Crippen LogP contribution is 2.25. The van der Waals surface area contributed by atoms with Crippen LogP contribution in [0, 0.1) is 0 Å². The van der Waals surface area contributed by atoms with Gasteiger partial charge in [0.05, 0.1) is 14.2 Å². The number of hydrogen-bond donors (Lipinski definition) is 0. The van der Waals surface area contributed by atoms with Crippen molar-refractivity contribution in [2.75, 3.05) is 25.7 Å². The topological polar surface area (TPSA) is 18.5 Å². The lowest BCUT2D eigenvalue weighted by Gasteiger charge is -2.06. The minimum atomic E-state index is 0.770. The van der Waals surface area contributed by atoms with Crippen molar-refractivity contribution < 1.29 is 9.47 Å². The molecule has 2 nitrogen and oxygen atoms in total. The Kier molecular flexibility index (Phi) is 15.2. The minimum Gasteiger partial charge on any atom is -0.497 e. The third kappa shape index (κ3) is 11.9. The molecule has 0 fully saturated rings. The first kappa shape index (κ1) is 33.2. The SMILES string of the molecule is COc1ccc(CSCCc2ccc(Cl)cc2Br)cc1.COc1ccc(CSCCc2ccc(Cl)cc2Br)cc1. The van der Waals surface area contributed by atoms with Gasteiger partial charge in [-0.3, -0.25) is 0 Å². The smallest absolute Gasteiger partial charge is 0.118 e. The summed E-state index contributed by atoms with van der Waals surface area (Å²) in [5, 5.41) is 1.54. The molecule has 0 saturated carbocycles. The molecule has 0 amide bonds. The van der Waals surface area contributed by atoms with Crippen LogP contribution in [0.3, 0.4) is 0 Å². The van der Waals surface area contributed by atoms with Gasteiger partial charge in [0, 0.05) is 30.5 Å². The highest BCUT2D eigenvalue weighted by atomic mass is 79.9. The molecule has 0 unspecified atom stereocenters. The molecular weight excluding hydrogens is 711 g/mol. The molecule has 4 aromatic rings. The van der Waals surface area contributed by atoms with E-state index in [4.69, 9.17) is 32.7 Å². The number of halogens is 4. The highest BCUT2D eigenvalue weighted by molar-refractivity contribution is 9.10. The maximum absolute atomic E-state index is 5.94. The first-order chi connectivity index (χ1) is 19.4. The van der Waals surface area contributed by atoms with E-state index in [1.807, 2.05) is 72.1 Å². The molecule has 0 atom stereocenters. The number of methoxy groups -OCH3 is 2. The van der Waals surface area contributed by atoms with Gasteiger partial charge in [0.1, 0.15) is 11.5 Å². The van der Waals surface area contributed by atoms with Gasteiger partial charge in [-0.05, 0) is 95.1 Å². The van der Waals surface area contributed by atoms with Crippen LogP contribution in [0.5, 0.6) is 11.5 Å². The Morgan fingerprint density at radius 3 is 1.27 bits per heavy atom. The Morgan fingerprint density at radius 1 is 0.575 bits per heavy atom. The summed E-state index contributed by atoms with van der Waals surface area (Å²) in [6.07, 6.45) is 2.08.